The molecule has 20 heavy (non-hydrogen) atoms. The summed E-state index contributed by atoms with van der Waals surface area (Å²) in [6.45, 7) is 0. The monoisotopic (exact) mass is 297 g/mol. The van der Waals surface area contributed by atoms with Crippen molar-refractivity contribution in [2.45, 2.75) is 0 Å². The summed E-state index contributed by atoms with van der Waals surface area (Å²) in [5.74, 6) is 0. The van der Waals surface area contributed by atoms with Gasteiger partial charge in [0.25, 0.3) is 0 Å². The number of carbonyl (C=O) groups is 4. The summed E-state index contributed by atoms with van der Waals surface area (Å²) in [4.78, 5) is 42.2. The summed E-state index contributed by atoms with van der Waals surface area (Å²) in [6, 6.07) is 0. The highest BCUT2D eigenvalue weighted by Gasteiger charge is 1.98. The second-order valence-corrected chi connectivity index (χ2v) is 2.01. The Morgan fingerprint density at radius 1 is 1.00 bits per heavy atom. The normalized spacial score (nSPS) is 7.00. The summed E-state index contributed by atoms with van der Waals surface area (Å²) in [6.07, 6.45) is -1.58. The number of carboxylic acid groups (broad SMARTS) is 5. The maximum absolute atomic E-state index is 9.43. The van der Waals surface area contributed by atoms with E-state index in [0.717, 1.165) is 0 Å². The van der Waals surface area contributed by atoms with Crippen LogP contribution in [0.15, 0.2) is 18.7 Å². The first kappa shape index (κ1) is 21.7. The first-order chi connectivity index (χ1) is 9.09. The van der Waals surface area contributed by atoms with Crippen LogP contribution < -0.4 is 5.73 Å². The number of ether oxygens (including phenoxy) is 1. The number of nitrogens with zero attached hydrogens (tertiary/aromatic N) is 1. The number of primary amides is 1. The van der Waals surface area contributed by atoms with E-state index in [9.17, 15) is 9.59 Å². The Morgan fingerprint density at radius 2 is 1.40 bits per heavy atom. The van der Waals surface area contributed by atoms with Gasteiger partial charge < -0.3 is 41.0 Å². The lowest BCUT2D eigenvalue weighted by atomic mass is 11.0. The van der Waals surface area contributed by atoms with Crippen molar-refractivity contribution in [1.29, 1.82) is 0 Å². The lowest BCUT2D eigenvalue weighted by Crippen LogP contribution is -2.16. The van der Waals surface area contributed by atoms with Crippen LogP contribution in [-0.4, -0.2) is 60.1 Å². The van der Waals surface area contributed by atoms with Gasteiger partial charge in [-0.25, -0.2) is 24.2 Å². The molecule has 0 radical (unpaired) electrons. The van der Waals surface area contributed by atoms with E-state index in [-0.39, 0.29) is 0 Å². The van der Waals surface area contributed by atoms with Gasteiger partial charge in [-0.2, -0.15) is 0 Å². The maximum atomic E-state index is 9.43. The molecule has 0 aliphatic rings. The van der Waals surface area contributed by atoms with Gasteiger partial charge in [0, 0.05) is 12.4 Å². The molecule has 1 aromatic rings. The smallest absolute Gasteiger partial charge is 0.450 e. The number of aromatic amines is 1. The second kappa shape index (κ2) is 15.5. The van der Waals surface area contributed by atoms with Crippen LogP contribution in [-0.2, 0) is 4.74 Å². The van der Waals surface area contributed by atoms with E-state index < -0.39 is 24.6 Å². The summed E-state index contributed by atoms with van der Waals surface area (Å²) in [5, 5.41) is 35.4. The van der Waals surface area contributed by atoms with Crippen molar-refractivity contribution < 1.29 is 49.4 Å². The molecule has 0 aliphatic heterocycles. The number of rotatable bonds is 0. The van der Waals surface area contributed by atoms with E-state index in [4.69, 9.17) is 35.1 Å². The van der Waals surface area contributed by atoms with Crippen LogP contribution in [0.3, 0.4) is 0 Å². The van der Waals surface area contributed by atoms with Crippen molar-refractivity contribution in [3.8, 4) is 0 Å². The van der Waals surface area contributed by atoms with Gasteiger partial charge in [0.15, 0.2) is 0 Å². The Labute approximate surface area is 109 Å². The number of H-pyrrole nitrogens is 1. The van der Waals surface area contributed by atoms with Crippen LogP contribution >= 0.6 is 0 Å². The molecule has 0 saturated carbocycles. The van der Waals surface area contributed by atoms with Crippen LogP contribution in [0, 0.1) is 0 Å². The number of hydrogen-bond donors (Lipinski definition) is 7. The van der Waals surface area contributed by atoms with E-state index in [1.165, 1.54) is 0 Å². The predicted molar refractivity (Wildman–Crippen MR) is 58.6 cm³/mol. The van der Waals surface area contributed by atoms with Gasteiger partial charge in [-0.15, -0.1) is 0 Å². The molecule has 0 bridgehead atoms. The van der Waals surface area contributed by atoms with Crippen molar-refractivity contribution in [2.75, 3.05) is 0 Å². The van der Waals surface area contributed by atoms with Crippen LogP contribution in [0.5, 0.6) is 0 Å². The van der Waals surface area contributed by atoms with E-state index in [1.807, 2.05) is 0 Å². The highest BCUT2D eigenvalue weighted by Crippen LogP contribution is 1.71. The molecule has 0 fully saturated rings. The zero-order valence-corrected chi connectivity index (χ0v) is 9.53. The molecule has 13 nitrogen and oxygen atoms in total. The highest BCUT2D eigenvalue weighted by atomic mass is 16.7. The fourth-order valence-corrected chi connectivity index (χ4v) is 0.301. The van der Waals surface area contributed by atoms with E-state index in [1.54, 1.807) is 18.7 Å². The van der Waals surface area contributed by atoms with Crippen molar-refractivity contribution >= 4 is 24.6 Å². The first-order valence-corrected chi connectivity index (χ1v) is 4.06. The van der Waals surface area contributed by atoms with Gasteiger partial charge >= 0.3 is 24.6 Å². The number of amides is 1. The lowest BCUT2D eigenvalue weighted by molar-refractivity contribution is 0.114. The van der Waals surface area contributed by atoms with Crippen molar-refractivity contribution in [3.05, 3.63) is 18.7 Å². The van der Waals surface area contributed by atoms with Crippen LogP contribution in [0.1, 0.15) is 0 Å². The molecule has 0 aromatic carbocycles. The predicted octanol–water partition coefficient (Wildman–Crippen LogP) is 0.614. The van der Waals surface area contributed by atoms with Crippen molar-refractivity contribution in [2.24, 2.45) is 5.73 Å². The average molecular weight is 297 g/mol. The number of hydrogen-bond acceptors (Lipinski definition) is 6. The molecule has 0 atom stereocenters. The third kappa shape index (κ3) is 87.5. The zero-order chi connectivity index (χ0) is 16.6. The van der Waals surface area contributed by atoms with Gasteiger partial charge in [-0.3, -0.25) is 0 Å². The summed E-state index contributed by atoms with van der Waals surface area (Å²) < 4.78 is 3.31. The molecule has 0 saturated heterocycles. The van der Waals surface area contributed by atoms with Gasteiger partial charge in [0.05, 0.1) is 6.33 Å². The van der Waals surface area contributed by atoms with E-state index in [0.29, 0.717) is 0 Å². The Hall–Kier alpha value is -3.51. The van der Waals surface area contributed by atoms with Gasteiger partial charge in [0.2, 0.25) is 0 Å². The lowest BCUT2D eigenvalue weighted by Gasteiger charge is -1.85. The van der Waals surface area contributed by atoms with Gasteiger partial charge in [0.1, 0.15) is 0 Å². The van der Waals surface area contributed by atoms with Gasteiger partial charge in [-0.1, -0.05) is 0 Å². The number of nitrogens with two attached hydrogens (primary N) is 1. The average Bonchev–Trinajstić information content (AvgIpc) is 2.69. The quantitative estimate of drug-likeness (QED) is 0.258. The topological polar surface area (TPSA) is 233 Å². The molecule has 1 rings (SSSR count). The minimum atomic E-state index is -1.83. The van der Waals surface area contributed by atoms with Crippen LogP contribution in [0.4, 0.5) is 19.2 Å². The van der Waals surface area contributed by atoms with Crippen LogP contribution in [0.25, 0.3) is 0 Å². The molecule has 1 amide bonds. The third-order valence-corrected chi connectivity index (χ3v) is 0.594. The zero-order valence-electron chi connectivity index (χ0n) is 9.53. The fraction of sp³-hybridized carbons (Fsp3) is 0. The number of aromatic nitrogens is 2. The number of carbonyl (C=O) groups excluding carboxylic acids is 1. The van der Waals surface area contributed by atoms with E-state index >= 15 is 0 Å². The molecule has 0 aliphatic carbocycles. The summed E-state index contributed by atoms with van der Waals surface area (Å²) in [5.41, 5.74) is 4.25. The Morgan fingerprint density at radius 3 is 1.45 bits per heavy atom. The maximum Gasteiger partial charge on any atom is 0.514 e. The number of imidazole rings is 1. The molecule has 1 heterocycles. The Kier molecular flexibility index (Phi) is 16.8. The molecule has 0 spiro atoms. The van der Waals surface area contributed by atoms with Crippen LogP contribution in [0.2, 0.25) is 0 Å². The fourth-order valence-electron chi connectivity index (χ4n) is 0.301. The molecule has 8 N–H and O–H groups in total. The highest BCUT2D eigenvalue weighted by molar-refractivity contribution is 5.78. The molecule has 114 valence electrons. The minimum absolute atomic E-state index is 1.31. The Bertz CT molecular complexity index is 340. The minimum Gasteiger partial charge on any atom is -0.450 e. The molecule has 1 aromatic heterocycles. The second-order valence-electron chi connectivity index (χ2n) is 2.01. The molecule has 0 unspecified atom stereocenters. The first-order valence-electron chi connectivity index (χ1n) is 4.06. The largest absolute Gasteiger partial charge is 0.514 e. The SMILES string of the molecule is NC(=O)OC(=O)O.O=C(O)O.O=C(O)O.c1c[nH]cn1. The number of nitrogens with one attached hydrogen (secondary N) is 1. The third-order valence-electron chi connectivity index (χ3n) is 0.594. The summed E-state index contributed by atoms with van der Waals surface area (Å²) in [7, 11) is 0. The molecular weight excluding hydrogens is 286 g/mol. The molecule has 13 heteroatoms. The van der Waals surface area contributed by atoms with Crippen molar-refractivity contribution in [1.82, 2.24) is 9.97 Å². The molecular formula is C7H11N3O10. The Balaban J connectivity index is -0.000000199. The van der Waals surface area contributed by atoms with E-state index in [2.05, 4.69) is 20.4 Å². The van der Waals surface area contributed by atoms with Crippen molar-refractivity contribution in [3.63, 3.8) is 0 Å². The standard InChI is InChI=1S/C3H4N2.C2H3NO4.2CH2O3/c1-2-5-3-4-1;3-1(4)7-2(5)6;2*2-1(3)4/h1-3H,(H,4,5);(H2,3,4)(H,5,6);2*(H2,2,3,4). The van der Waals surface area contributed by atoms with Gasteiger partial charge in [-0.05, 0) is 0 Å². The summed E-state index contributed by atoms with van der Waals surface area (Å²) >= 11 is 0.